The number of carbonyl (C=O) groups is 2. The van der Waals surface area contributed by atoms with Gasteiger partial charge in [0.05, 0.1) is 4.92 Å². The average molecular weight is 277 g/mol. The molecule has 7 nitrogen and oxygen atoms in total. The van der Waals surface area contributed by atoms with Gasteiger partial charge in [0.1, 0.15) is 0 Å². The molecule has 0 saturated carbocycles. The predicted molar refractivity (Wildman–Crippen MR) is 71.3 cm³/mol. The highest BCUT2D eigenvalue weighted by Crippen LogP contribution is 2.15. The molecule has 106 valence electrons. The van der Waals surface area contributed by atoms with E-state index in [1.165, 1.54) is 25.1 Å². The van der Waals surface area contributed by atoms with Gasteiger partial charge in [0.15, 0.2) is 0 Å². The minimum Gasteiger partial charge on any atom is -0.339 e. The number of benzene rings is 1. The summed E-state index contributed by atoms with van der Waals surface area (Å²) in [5.41, 5.74) is 0.202. The molecule has 1 aromatic carbocycles. The Balaban J connectivity index is 2.07. The molecule has 1 saturated heterocycles. The van der Waals surface area contributed by atoms with E-state index in [0.29, 0.717) is 31.7 Å². The van der Waals surface area contributed by atoms with Crippen LogP contribution in [0, 0.1) is 10.1 Å². The molecule has 1 aromatic rings. The van der Waals surface area contributed by atoms with Crippen LogP contribution in [0.1, 0.15) is 17.3 Å². The number of nitro benzene ring substituents is 1. The van der Waals surface area contributed by atoms with Crippen molar-refractivity contribution in [1.29, 1.82) is 0 Å². The Hall–Kier alpha value is -2.44. The molecular formula is C13H15N3O4. The van der Waals surface area contributed by atoms with Gasteiger partial charge in [-0.15, -0.1) is 0 Å². The summed E-state index contributed by atoms with van der Waals surface area (Å²) in [7, 11) is 0. The number of hydrogen-bond acceptors (Lipinski definition) is 4. The molecule has 0 unspecified atom stereocenters. The molecule has 7 heteroatoms. The van der Waals surface area contributed by atoms with Crippen LogP contribution in [-0.4, -0.2) is 52.7 Å². The maximum atomic E-state index is 12.3. The number of non-ortho nitro benzene ring substituents is 1. The molecular weight excluding hydrogens is 262 g/mol. The van der Waals surface area contributed by atoms with Crippen molar-refractivity contribution in [3.05, 3.63) is 39.9 Å². The van der Waals surface area contributed by atoms with E-state index in [-0.39, 0.29) is 17.5 Å². The minimum absolute atomic E-state index is 0.00699. The van der Waals surface area contributed by atoms with Crippen molar-refractivity contribution < 1.29 is 14.5 Å². The monoisotopic (exact) mass is 277 g/mol. The number of nitrogens with zero attached hydrogens (tertiary/aromatic N) is 3. The van der Waals surface area contributed by atoms with Gasteiger partial charge in [0.2, 0.25) is 5.91 Å². The van der Waals surface area contributed by atoms with E-state index in [1.807, 2.05) is 0 Å². The van der Waals surface area contributed by atoms with Crippen molar-refractivity contribution in [2.24, 2.45) is 0 Å². The van der Waals surface area contributed by atoms with Crippen molar-refractivity contribution in [3.8, 4) is 0 Å². The van der Waals surface area contributed by atoms with Gasteiger partial charge in [0, 0.05) is 50.8 Å². The lowest BCUT2D eigenvalue weighted by Crippen LogP contribution is -2.50. The summed E-state index contributed by atoms with van der Waals surface area (Å²) >= 11 is 0. The third-order valence-electron chi connectivity index (χ3n) is 3.32. The zero-order valence-electron chi connectivity index (χ0n) is 11.1. The third-order valence-corrected chi connectivity index (χ3v) is 3.32. The van der Waals surface area contributed by atoms with E-state index in [9.17, 15) is 19.7 Å². The second-order valence-corrected chi connectivity index (χ2v) is 4.61. The summed E-state index contributed by atoms with van der Waals surface area (Å²) in [6.45, 7) is 3.38. The number of nitro groups is 1. The molecule has 0 aliphatic carbocycles. The molecule has 0 bridgehead atoms. The Kier molecular flexibility index (Phi) is 3.97. The second kappa shape index (κ2) is 5.68. The van der Waals surface area contributed by atoms with Crippen molar-refractivity contribution in [1.82, 2.24) is 9.80 Å². The molecule has 1 aliphatic rings. The molecule has 2 rings (SSSR count). The Bertz CT molecular complexity index is 550. The lowest BCUT2D eigenvalue weighted by Gasteiger charge is -2.34. The quantitative estimate of drug-likeness (QED) is 0.594. The van der Waals surface area contributed by atoms with Crippen LogP contribution in [-0.2, 0) is 4.79 Å². The van der Waals surface area contributed by atoms with Gasteiger partial charge in [-0.25, -0.2) is 0 Å². The van der Waals surface area contributed by atoms with Crippen molar-refractivity contribution in [2.45, 2.75) is 6.92 Å². The zero-order valence-corrected chi connectivity index (χ0v) is 11.1. The zero-order chi connectivity index (χ0) is 14.7. The molecule has 0 radical (unpaired) electrons. The van der Waals surface area contributed by atoms with Crippen LogP contribution < -0.4 is 0 Å². The van der Waals surface area contributed by atoms with E-state index in [2.05, 4.69) is 0 Å². The Labute approximate surface area is 115 Å². The van der Waals surface area contributed by atoms with E-state index in [0.717, 1.165) is 0 Å². The van der Waals surface area contributed by atoms with Crippen molar-refractivity contribution >= 4 is 17.5 Å². The first-order valence-corrected chi connectivity index (χ1v) is 6.28. The molecule has 0 N–H and O–H groups in total. The largest absolute Gasteiger partial charge is 0.339 e. The van der Waals surface area contributed by atoms with Crippen LogP contribution in [0.15, 0.2) is 24.3 Å². The topological polar surface area (TPSA) is 83.8 Å². The van der Waals surface area contributed by atoms with Crippen LogP contribution in [0.3, 0.4) is 0 Å². The van der Waals surface area contributed by atoms with Gasteiger partial charge in [0.25, 0.3) is 11.6 Å². The molecule has 1 heterocycles. The highest BCUT2D eigenvalue weighted by atomic mass is 16.6. The van der Waals surface area contributed by atoms with E-state index >= 15 is 0 Å². The summed E-state index contributed by atoms with van der Waals surface area (Å²) in [6, 6.07) is 5.69. The Morgan fingerprint density at radius 2 is 1.75 bits per heavy atom. The second-order valence-electron chi connectivity index (χ2n) is 4.61. The van der Waals surface area contributed by atoms with Crippen molar-refractivity contribution in [3.63, 3.8) is 0 Å². The number of carbonyl (C=O) groups excluding carboxylic acids is 2. The molecule has 20 heavy (non-hydrogen) atoms. The predicted octanol–water partition coefficient (Wildman–Crippen LogP) is 0.899. The van der Waals surface area contributed by atoms with E-state index < -0.39 is 4.92 Å². The summed E-state index contributed by atoms with van der Waals surface area (Å²) in [5.74, 6) is -0.246. The fourth-order valence-electron chi connectivity index (χ4n) is 2.16. The molecule has 2 amide bonds. The van der Waals surface area contributed by atoms with Gasteiger partial charge in [-0.05, 0) is 6.07 Å². The van der Waals surface area contributed by atoms with Crippen LogP contribution in [0.5, 0.6) is 0 Å². The fraction of sp³-hybridized carbons (Fsp3) is 0.385. The summed E-state index contributed by atoms with van der Waals surface area (Å²) < 4.78 is 0. The number of piperazine rings is 1. The molecule has 1 fully saturated rings. The van der Waals surface area contributed by atoms with Gasteiger partial charge < -0.3 is 9.80 Å². The lowest BCUT2D eigenvalue weighted by molar-refractivity contribution is -0.384. The third kappa shape index (κ3) is 2.93. The smallest absolute Gasteiger partial charge is 0.270 e. The van der Waals surface area contributed by atoms with E-state index in [1.54, 1.807) is 15.9 Å². The van der Waals surface area contributed by atoms with Gasteiger partial charge >= 0.3 is 0 Å². The van der Waals surface area contributed by atoms with Gasteiger partial charge in [-0.1, -0.05) is 6.07 Å². The summed E-state index contributed by atoms with van der Waals surface area (Å²) in [6.07, 6.45) is 0. The SMILES string of the molecule is CC(=O)N1CCN(C(=O)c2cccc([N+](=O)[O-])c2)CC1. The first-order chi connectivity index (χ1) is 9.49. The standard InChI is InChI=1S/C13H15N3O4/c1-10(17)14-5-7-15(8-6-14)13(18)11-3-2-4-12(9-11)16(19)20/h2-4,9H,5-8H2,1H3. The first kappa shape index (κ1) is 14.0. The van der Waals surface area contributed by atoms with Crippen LogP contribution in [0.25, 0.3) is 0 Å². The van der Waals surface area contributed by atoms with Gasteiger partial charge in [-0.3, -0.25) is 19.7 Å². The number of hydrogen-bond donors (Lipinski definition) is 0. The summed E-state index contributed by atoms with van der Waals surface area (Å²) in [5, 5.41) is 10.7. The van der Waals surface area contributed by atoms with Crippen LogP contribution in [0.2, 0.25) is 0 Å². The van der Waals surface area contributed by atoms with Gasteiger partial charge in [-0.2, -0.15) is 0 Å². The van der Waals surface area contributed by atoms with E-state index in [4.69, 9.17) is 0 Å². The van der Waals surface area contributed by atoms with Crippen LogP contribution >= 0.6 is 0 Å². The molecule has 0 aromatic heterocycles. The molecule has 0 spiro atoms. The molecule has 0 atom stereocenters. The Morgan fingerprint density at radius 1 is 1.15 bits per heavy atom. The maximum Gasteiger partial charge on any atom is 0.270 e. The Morgan fingerprint density at radius 3 is 2.30 bits per heavy atom. The van der Waals surface area contributed by atoms with Crippen LogP contribution in [0.4, 0.5) is 5.69 Å². The average Bonchev–Trinajstić information content (AvgIpc) is 2.46. The number of rotatable bonds is 2. The normalized spacial score (nSPS) is 15.1. The van der Waals surface area contributed by atoms with Crippen molar-refractivity contribution in [2.75, 3.05) is 26.2 Å². The summed E-state index contributed by atoms with van der Waals surface area (Å²) in [4.78, 5) is 36.9. The molecule has 1 aliphatic heterocycles. The number of amides is 2. The first-order valence-electron chi connectivity index (χ1n) is 6.28. The minimum atomic E-state index is -0.523. The highest BCUT2D eigenvalue weighted by Gasteiger charge is 2.24. The lowest BCUT2D eigenvalue weighted by atomic mass is 10.1. The highest BCUT2D eigenvalue weighted by molar-refractivity contribution is 5.95. The maximum absolute atomic E-state index is 12.3. The fourth-order valence-corrected chi connectivity index (χ4v) is 2.16.